The highest BCUT2D eigenvalue weighted by Gasteiger charge is 2.28. The molecule has 1 heterocycles. The average Bonchev–Trinajstić information content (AvgIpc) is 2.55. The number of halogens is 1. The molecule has 2 nitrogen and oxygen atoms in total. The molecule has 0 radical (unpaired) electrons. The van der Waals surface area contributed by atoms with E-state index in [4.69, 9.17) is 4.74 Å². The Bertz CT molecular complexity index is 469. The summed E-state index contributed by atoms with van der Waals surface area (Å²) in [5.74, 6) is 0.557. The van der Waals surface area contributed by atoms with Crippen molar-refractivity contribution in [1.29, 1.82) is 0 Å². The predicted octanol–water partition coefficient (Wildman–Crippen LogP) is 5.52. The summed E-state index contributed by atoms with van der Waals surface area (Å²) in [6.45, 7) is 5.98. The van der Waals surface area contributed by atoms with E-state index in [9.17, 15) is 5.11 Å². The van der Waals surface area contributed by atoms with Crippen LogP contribution in [-0.4, -0.2) is 18.3 Å². The Morgan fingerprint density at radius 1 is 1.18 bits per heavy atom. The van der Waals surface area contributed by atoms with Crippen LogP contribution < -0.4 is 0 Å². The van der Waals surface area contributed by atoms with Crippen LogP contribution in [0.3, 0.4) is 0 Å². The maximum absolute atomic E-state index is 11.1. The Kier molecular flexibility index (Phi) is 6.91. The molecule has 0 aromatic heterocycles. The molecule has 0 bridgehead atoms. The zero-order chi connectivity index (χ0) is 16.0. The number of benzene rings is 1. The molecule has 0 amide bonds. The van der Waals surface area contributed by atoms with E-state index in [-0.39, 0.29) is 0 Å². The van der Waals surface area contributed by atoms with E-state index in [1.807, 2.05) is 0 Å². The maximum Gasteiger partial charge on any atom is 0.0894 e. The molecule has 0 aliphatic carbocycles. The standard InChI is InChI=1S/C19H29BrO2/c1-3-5-6-9-19(21,4-2)17-12-16(13-18(20)14-17)15-7-10-22-11-8-15/h12-15,21H,3-11H2,1-2H3. The fourth-order valence-electron chi connectivity index (χ4n) is 3.34. The Hall–Kier alpha value is -0.380. The minimum Gasteiger partial charge on any atom is -0.385 e. The van der Waals surface area contributed by atoms with Crippen molar-refractivity contribution in [1.82, 2.24) is 0 Å². The molecule has 22 heavy (non-hydrogen) atoms. The fraction of sp³-hybridized carbons (Fsp3) is 0.684. The molecule has 2 rings (SSSR count). The molecular formula is C19H29BrO2. The number of hydrogen-bond acceptors (Lipinski definition) is 2. The SMILES string of the molecule is CCCCCC(O)(CC)c1cc(Br)cc(C2CCOCC2)c1. The van der Waals surface area contributed by atoms with Gasteiger partial charge in [-0.05, 0) is 54.9 Å². The first-order valence-electron chi connectivity index (χ1n) is 8.70. The third-order valence-corrected chi connectivity index (χ3v) is 5.39. The van der Waals surface area contributed by atoms with Gasteiger partial charge in [0, 0.05) is 17.7 Å². The van der Waals surface area contributed by atoms with E-state index in [0.717, 1.165) is 55.4 Å². The summed E-state index contributed by atoms with van der Waals surface area (Å²) in [6.07, 6.45) is 7.22. The van der Waals surface area contributed by atoms with Crippen molar-refractivity contribution in [3.8, 4) is 0 Å². The zero-order valence-electron chi connectivity index (χ0n) is 13.9. The molecule has 1 aromatic rings. The lowest BCUT2D eigenvalue weighted by molar-refractivity contribution is 0.0205. The second-order valence-electron chi connectivity index (χ2n) is 6.50. The van der Waals surface area contributed by atoms with Crippen molar-refractivity contribution in [2.45, 2.75) is 70.3 Å². The number of unbranched alkanes of at least 4 members (excludes halogenated alkanes) is 2. The highest BCUT2D eigenvalue weighted by atomic mass is 79.9. The van der Waals surface area contributed by atoms with Crippen molar-refractivity contribution in [2.24, 2.45) is 0 Å². The molecule has 1 unspecified atom stereocenters. The van der Waals surface area contributed by atoms with Gasteiger partial charge in [-0.15, -0.1) is 0 Å². The predicted molar refractivity (Wildman–Crippen MR) is 95.3 cm³/mol. The Morgan fingerprint density at radius 3 is 2.55 bits per heavy atom. The number of rotatable bonds is 7. The molecule has 0 spiro atoms. The van der Waals surface area contributed by atoms with Gasteiger partial charge >= 0.3 is 0 Å². The molecule has 1 aliphatic rings. The van der Waals surface area contributed by atoms with Gasteiger partial charge in [-0.2, -0.15) is 0 Å². The van der Waals surface area contributed by atoms with Crippen molar-refractivity contribution in [3.63, 3.8) is 0 Å². The van der Waals surface area contributed by atoms with Gasteiger partial charge in [-0.25, -0.2) is 0 Å². The molecule has 0 saturated carbocycles. The molecule has 1 atom stereocenters. The summed E-state index contributed by atoms with van der Waals surface area (Å²) in [5.41, 5.74) is 1.72. The molecular weight excluding hydrogens is 340 g/mol. The lowest BCUT2D eigenvalue weighted by Gasteiger charge is -2.30. The van der Waals surface area contributed by atoms with Crippen LogP contribution in [0.25, 0.3) is 0 Å². The Labute approximate surface area is 143 Å². The van der Waals surface area contributed by atoms with Crippen LogP contribution in [0.15, 0.2) is 22.7 Å². The minimum atomic E-state index is -0.696. The summed E-state index contributed by atoms with van der Waals surface area (Å²) in [7, 11) is 0. The molecule has 3 heteroatoms. The van der Waals surface area contributed by atoms with Crippen LogP contribution in [0.1, 0.15) is 75.8 Å². The summed E-state index contributed by atoms with van der Waals surface area (Å²) < 4.78 is 6.55. The van der Waals surface area contributed by atoms with Gasteiger partial charge < -0.3 is 9.84 Å². The summed E-state index contributed by atoms with van der Waals surface area (Å²) in [4.78, 5) is 0. The second kappa shape index (κ2) is 8.47. The van der Waals surface area contributed by atoms with Crippen molar-refractivity contribution < 1.29 is 9.84 Å². The molecule has 1 aromatic carbocycles. The monoisotopic (exact) mass is 368 g/mol. The normalized spacial score (nSPS) is 19.1. The van der Waals surface area contributed by atoms with Gasteiger partial charge in [0.2, 0.25) is 0 Å². The van der Waals surface area contributed by atoms with Gasteiger partial charge in [0.05, 0.1) is 5.60 Å². The Balaban J connectivity index is 2.22. The summed E-state index contributed by atoms with van der Waals surface area (Å²) in [6, 6.07) is 6.54. The lowest BCUT2D eigenvalue weighted by Crippen LogP contribution is -2.25. The van der Waals surface area contributed by atoms with E-state index in [1.54, 1.807) is 0 Å². The molecule has 1 N–H and O–H groups in total. The van der Waals surface area contributed by atoms with Crippen molar-refractivity contribution >= 4 is 15.9 Å². The topological polar surface area (TPSA) is 29.5 Å². The number of hydrogen-bond donors (Lipinski definition) is 1. The van der Waals surface area contributed by atoms with E-state index >= 15 is 0 Å². The maximum atomic E-state index is 11.1. The first kappa shape index (κ1) is 18.0. The molecule has 124 valence electrons. The van der Waals surface area contributed by atoms with Gasteiger partial charge in [0.15, 0.2) is 0 Å². The van der Waals surface area contributed by atoms with E-state index in [1.165, 1.54) is 18.4 Å². The van der Waals surface area contributed by atoms with Gasteiger partial charge in [0.1, 0.15) is 0 Å². The van der Waals surface area contributed by atoms with E-state index < -0.39 is 5.60 Å². The van der Waals surface area contributed by atoms with Crippen LogP contribution in [0.2, 0.25) is 0 Å². The molecule has 1 aliphatic heterocycles. The Morgan fingerprint density at radius 2 is 1.91 bits per heavy atom. The smallest absolute Gasteiger partial charge is 0.0894 e. The van der Waals surface area contributed by atoms with Crippen LogP contribution in [-0.2, 0) is 10.3 Å². The van der Waals surface area contributed by atoms with Gasteiger partial charge in [-0.1, -0.05) is 55.1 Å². The first-order chi connectivity index (χ1) is 10.6. The highest BCUT2D eigenvalue weighted by molar-refractivity contribution is 9.10. The fourth-order valence-corrected chi connectivity index (χ4v) is 3.85. The largest absolute Gasteiger partial charge is 0.385 e. The first-order valence-corrected chi connectivity index (χ1v) is 9.49. The molecule has 1 saturated heterocycles. The van der Waals surface area contributed by atoms with Crippen LogP contribution in [0, 0.1) is 0 Å². The van der Waals surface area contributed by atoms with Crippen LogP contribution >= 0.6 is 15.9 Å². The minimum absolute atomic E-state index is 0.557. The summed E-state index contributed by atoms with van der Waals surface area (Å²) >= 11 is 3.64. The van der Waals surface area contributed by atoms with E-state index in [0.29, 0.717) is 5.92 Å². The molecule has 1 fully saturated rings. The lowest BCUT2D eigenvalue weighted by atomic mass is 9.83. The quantitative estimate of drug-likeness (QED) is 0.641. The van der Waals surface area contributed by atoms with Crippen molar-refractivity contribution in [2.75, 3.05) is 13.2 Å². The van der Waals surface area contributed by atoms with Gasteiger partial charge in [-0.3, -0.25) is 0 Å². The summed E-state index contributed by atoms with van der Waals surface area (Å²) in [5, 5.41) is 11.1. The van der Waals surface area contributed by atoms with Crippen molar-refractivity contribution in [3.05, 3.63) is 33.8 Å². The van der Waals surface area contributed by atoms with Crippen LogP contribution in [0.5, 0.6) is 0 Å². The highest BCUT2D eigenvalue weighted by Crippen LogP contribution is 2.36. The second-order valence-corrected chi connectivity index (χ2v) is 7.42. The third-order valence-electron chi connectivity index (χ3n) is 4.93. The average molecular weight is 369 g/mol. The third kappa shape index (κ3) is 4.56. The number of aliphatic hydroxyl groups is 1. The zero-order valence-corrected chi connectivity index (χ0v) is 15.5. The van der Waals surface area contributed by atoms with E-state index in [2.05, 4.69) is 48.0 Å². The number of ether oxygens (including phenoxy) is 1. The van der Waals surface area contributed by atoms with Crippen LogP contribution in [0.4, 0.5) is 0 Å². The van der Waals surface area contributed by atoms with Gasteiger partial charge in [0.25, 0.3) is 0 Å².